The first-order chi connectivity index (χ1) is 12.7. The van der Waals surface area contributed by atoms with Crippen LogP contribution in [0, 0.1) is 0 Å². The van der Waals surface area contributed by atoms with Gasteiger partial charge in [-0.3, -0.25) is 0 Å². The SMILES string of the molecule is C=CCOC(=O)c1cccc2cc3cccc(C(=O)OCC=C)c3cc12. The molecule has 4 heteroatoms. The van der Waals surface area contributed by atoms with E-state index in [-0.39, 0.29) is 13.2 Å². The topological polar surface area (TPSA) is 52.6 Å². The van der Waals surface area contributed by atoms with E-state index in [4.69, 9.17) is 9.47 Å². The minimum Gasteiger partial charge on any atom is -0.458 e. The van der Waals surface area contributed by atoms with Gasteiger partial charge in [0, 0.05) is 0 Å². The van der Waals surface area contributed by atoms with E-state index in [1.54, 1.807) is 24.3 Å². The van der Waals surface area contributed by atoms with Gasteiger partial charge in [0.15, 0.2) is 0 Å². The molecule has 0 aliphatic carbocycles. The second-order valence-corrected chi connectivity index (χ2v) is 5.68. The summed E-state index contributed by atoms with van der Waals surface area (Å²) < 4.78 is 10.3. The van der Waals surface area contributed by atoms with E-state index < -0.39 is 11.9 Å². The van der Waals surface area contributed by atoms with Crippen molar-refractivity contribution in [3.63, 3.8) is 0 Å². The summed E-state index contributed by atoms with van der Waals surface area (Å²) in [5, 5.41) is 3.22. The van der Waals surface area contributed by atoms with E-state index in [0.29, 0.717) is 11.1 Å². The molecule has 3 aromatic carbocycles. The predicted molar refractivity (Wildman–Crippen MR) is 102 cm³/mol. The Bertz CT molecular complexity index is 938. The van der Waals surface area contributed by atoms with Gasteiger partial charge in [-0.1, -0.05) is 49.6 Å². The molecule has 0 saturated carbocycles. The molecule has 0 unspecified atom stereocenters. The van der Waals surface area contributed by atoms with E-state index in [0.717, 1.165) is 21.5 Å². The average Bonchev–Trinajstić information content (AvgIpc) is 2.67. The zero-order valence-corrected chi connectivity index (χ0v) is 14.2. The fourth-order valence-electron chi connectivity index (χ4n) is 2.83. The number of esters is 2. The van der Waals surface area contributed by atoms with Crippen molar-refractivity contribution in [3.05, 3.63) is 85.0 Å². The molecule has 0 atom stereocenters. The minimum absolute atomic E-state index is 0.141. The number of carbonyl (C=O) groups is 2. The number of hydrogen-bond donors (Lipinski definition) is 0. The van der Waals surface area contributed by atoms with Gasteiger partial charge < -0.3 is 9.47 Å². The Labute approximate surface area is 151 Å². The highest BCUT2D eigenvalue weighted by Crippen LogP contribution is 2.28. The largest absolute Gasteiger partial charge is 0.458 e. The molecular formula is C22H18O4. The molecule has 3 rings (SSSR count). The van der Waals surface area contributed by atoms with Gasteiger partial charge in [-0.25, -0.2) is 9.59 Å². The van der Waals surface area contributed by atoms with Crippen LogP contribution in [0.4, 0.5) is 0 Å². The van der Waals surface area contributed by atoms with Crippen LogP contribution in [0.5, 0.6) is 0 Å². The summed E-state index contributed by atoms with van der Waals surface area (Å²) in [5.74, 6) is -0.858. The molecule has 0 saturated heterocycles. The van der Waals surface area contributed by atoms with Gasteiger partial charge in [0.2, 0.25) is 0 Å². The van der Waals surface area contributed by atoms with E-state index in [2.05, 4.69) is 13.2 Å². The summed E-state index contributed by atoms with van der Waals surface area (Å²) in [6.45, 7) is 7.38. The van der Waals surface area contributed by atoms with Gasteiger partial charge in [0.1, 0.15) is 13.2 Å². The predicted octanol–water partition coefficient (Wildman–Crippen LogP) is 4.68. The first-order valence-electron chi connectivity index (χ1n) is 8.17. The highest BCUT2D eigenvalue weighted by molar-refractivity contribution is 6.13. The third-order valence-corrected chi connectivity index (χ3v) is 3.98. The highest BCUT2D eigenvalue weighted by atomic mass is 16.5. The summed E-state index contributed by atoms with van der Waals surface area (Å²) in [5.41, 5.74) is 0.890. The number of rotatable bonds is 6. The third kappa shape index (κ3) is 3.35. The first kappa shape index (κ1) is 17.4. The van der Waals surface area contributed by atoms with Crippen LogP contribution in [-0.2, 0) is 9.47 Å². The molecule has 0 aliphatic rings. The van der Waals surface area contributed by atoms with Crippen molar-refractivity contribution in [3.8, 4) is 0 Å². The molecular weight excluding hydrogens is 328 g/mol. The molecule has 0 amide bonds. The van der Waals surface area contributed by atoms with Gasteiger partial charge in [-0.2, -0.15) is 0 Å². The van der Waals surface area contributed by atoms with Crippen molar-refractivity contribution < 1.29 is 19.1 Å². The van der Waals surface area contributed by atoms with E-state index in [9.17, 15) is 9.59 Å². The number of ether oxygens (including phenoxy) is 2. The summed E-state index contributed by atoms with van der Waals surface area (Å²) in [6, 6.07) is 14.6. The Hall–Kier alpha value is -3.40. The minimum atomic E-state index is -0.429. The Morgan fingerprint density at radius 3 is 1.65 bits per heavy atom. The number of hydrogen-bond acceptors (Lipinski definition) is 4. The van der Waals surface area contributed by atoms with Crippen molar-refractivity contribution >= 4 is 33.5 Å². The van der Waals surface area contributed by atoms with E-state index >= 15 is 0 Å². The highest BCUT2D eigenvalue weighted by Gasteiger charge is 2.15. The van der Waals surface area contributed by atoms with Crippen LogP contribution in [0.15, 0.2) is 73.8 Å². The Balaban J connectivity index is 2.17. The average molecular weight is 346 g/mol. The van der Waals surface area contributed by atoms with E-state index in [1.165, 1.54) is 12.2 Å². The summed E-state index contributed by atoms with van der Waals surface area (Å²) in [4.78, 5) is 24.7. The summed E-state index contributed by atoms with van der Waals surface area (Å²) in [7, 11) is 0. The maximum Gasteiger partial charge on any atom is 0.339 e. The van der Waals surface area contributed by atoms with Gasteiger partial charge >= 0.3 is 11.9 Å². The number of fused-ring (bicyclic) bond motifs is 2. The van der Waals surface area contributed by atoms with Crippen molar-refractivity contribution in [1.82, 2.24) is 0 Å². The molecule has 0 aromatic heterocycles. The lowest BCUT2D eigenvalue weighted by Crippen LogP contribution is -2.07. The zero-order chi connectivity index (χ0) is 18.5. The van der Waals surface area contributed by atoms with Crippen LogP contribution in [0.3, 0.4) is 0 Å². The van der Waals surface area contributed by atoms with Crippen molar-refractivity contribution in [2.45, 2.75) is 0 Å². The number of carbonyl (C=O) groups excluding carboxylic acids is 2. The van der Waals surface area contributed by atoms with Gasteiger partial charge in [0.05, 0.1) is 11.1 Å². The van der Waals surface area contributed by atoms with Gasteiger partial charge in [-0.15, -0.1) is 0 Å². The van der Waals surface area contributed by atoms with Crippen molar-refractivity contribution in [2.24, 2.45) is 0 Å². The Kier molecular flexibility index (Phi) is 5.13. The molecule has 3 aromatic rings. The van der Waals surface area contributed by atoms with Crippen LogP contribution < -0.4 is 0 Å². The lowest BCUT2D eigenvalue weighted by molar-refractivity contribution is 0.0543. The van der Waals surface area contributed by atoms with Crippen LogP contribution in [0.1, 0.15) is 20.7 Å². The second kappa shape index (κ2) is 7.66. The summed E-state index contributed by atoms with van der Waals surface area (Å²) >= 11 is 0. The molecule has 0 aliphatic heterocycles. The van der Waals surface area contributed by atoms with Crippen LogP contribution in [0.2, 0.25) is 0 Å². The van der Waals surface area contributed by atoms with Crippen LogP contribution >= 0.6 is 0 Å². The third-order valence-electron chi connectivity index (χ3n) is 3.98. The van der Waals surface area contributed by atoms with Crippen LogP contribution in [-0.4, -0.2) is 25.2 Å². The fraction of sp³-hybridized carbons (Fsp3) is 0.0909. The quantitative estimate of drug-likeness (QED) is 0.369. The van der Waals surface area contributed by atoms with E-state index in [1.807, 2.05) is 24.3 Å². The van der Waals surface area contributed by atoms with Gasteiger partial charge in [-0.05, 0) is 45.8 Å². The first-order valence-corrected chi connectivity index (χ1v) is 8.17. The fourth-order valence-corrected chi connectivity index (χ4v) is 2.83. The Morgan fingerprint density at radius 2 is 1.23 bits per heavy atom. The standard InChI is InChI=1S/C22H18O4/c1-3-11-25-21(23)17-9-5-7-15-13-16-8-6-10-18(20(16)14-19(15)17)22(24)26-12-4-2/h3-10,13-14H,1-2,11-12H2. The molecule has 130 valence electrons. The monoisotopic (exact) mass is 346 g/mol. The van der Waals surface area contributed by atoms with Gasteiger partial charge in [0.25, 0.3) is 0 Å². The molecule has 0 radical (unpaired) electrons. The lowest BCUT2D eigenvalue weighted by atomic mass is 9.97. The smallest absolute Gasteiger partial charge is 0.339 e. The molecule has 0 heterocycles. The molecule has 0 spiro atoms. The normalized spacial score (nSPS) is 10.5. The molecule has 0 N–H and O–H groups in total. The van der Waals surface area contributed by atoms with Crippen molar-refractivity contribution in [2.75, 3.05) is 13.2 Å². The Morgan fingerprint density at radius 1 is 0.769 bits per heavy atom. The molecule has 0 fully saturated rings. The lowest BCUT2D eigenvalue weighted by Gasteiger charge is -2.10. The summed E-state index contributed by atoms with van der Waals surface area (Å²) in [6.07, 6.45) is 3.04. The maximum absolute atomic E-state index is 12.3. The second-order valence-electron chi connectivity index (χ2n) is 5.68. The number of benzene rings is 3. The molecule has 26 heavy (non-hydrogen) atoms. The van der Waals surface area contributed by atoms with Crippen LogP contribution in [0.25, 0.3) is 21.5 Å². The zero-order valence-electron chi connectivity index (χ0n) is 14.2. The van der Waals surface area contributed by atoms with Crippen molar-refractivity contribution in [1.29, 1.82) is 0 Å². The molecule has 0 bridgehead atoms. The maximum atomic E-state index is 12.3. The molecule has 4 nitrogen and oxygen atoms in total.